The molecule has 0 radical (unpaired) electrons. The van der Waals surface area contributed by atoms with Crippen molar-refractivity contribution in [3.8, 4) is 16.9 Å². The normalized spacial score (nSPS) is 11.4. The molecule has 0 aliphatic carbocycles. The number of hydrogen-bond acceptors (Lipinski definition) is 3. The topological polar surface area (TPSA) is 43.6 Å². The summed E-state index contributed by atoms with van der Waals surface area (Å²) in [6.07, 6.45) is 0. The average Bonchev–Trinajstić information content (AvgIpc) is 3.20. The molecule has 0 saturated heterocycles. The quantitative estimate of drug-likeness (QED) is 0.192. The summed E-state index contributed by atoms with van der Waals surface area (Å²) in [5, 5.41) is 5.93. The molecule has 5 aromatic rings. The molecule has 0 N–H and O–H groups in total. The smallest absolute Gasteiger partial charge is 0.300 e. The number of aromatic nitrogens is 4. The molecule has 0 saturated carbocycles. The van der Waals surface area contributed by atoms with Gasteiger partial charge < -0.3 is 4.98 Å². The van der Waals surface area contributed by atoms with Gasteiger partial charge in [0.05, 0.1) is 16.6 Å². The van der Waals surface area contributed by atoms with Crippen LogP contribution >= 0.6 is 0 Å². The number of halogens is 2. The Balaban J connectivity index is 0.00000259. The van der Waals surface area contributed by atoms with Crippen molar-refractivity contribution in [3.63, 3.8) is 0 Å². The van der Waals surface area contributed by atoms with Crippen molar-refractivity contribution in [1.29, 1.82) is 0 Å². The second kappa shape index (κ2) is 8.95. The summed E-state index contributed by atoms with van der Waals surface area (Å²) in [5.74, 6) is -1.86. The van der Waals surface area contributed by atoms with Crippen LogP contribution in [0.4, 0.5) is 8.78 Å². The summed E-state index contributed by atoms with van der Waals surface area (Å²) in [5.41, 5.74) is 3.06. The number of fused-ring (bicyclic) bond motifs is 1. The minimum absolute atomic E-state index is 0. The van der Waals surface area contributed by atoms with E-state index in [4.69, 9.17) is 5.10 Å². The van der Waals surface area contributed by atoms with E-state index in [1.807, 2.05) is 73.1 Å². The van der Waals surface area contributed by atoms with Gasteiger partial charge in [-0.05, 0) is 37.4 Å². The van der Waals surface area contributed by atoms with Crippen LogP contribution in [0.25, 0.3) is 27.8 Å². The second-order valence-electron chi connectivity index (χ2n) is 7.95. The second-order valence-corrected chi connectivity index (χ2v) is 7.95. The zero-order chi connectivity index (χ0) is 22.3. The van der Waals surface area contributed by atoms with Crippen LogP contribution in [0.1, 0.15) is 25.2 Å². The Morgan fingerprint density at radius 1 is 0.879 bits per heavy atom. The Morgan fingerprint density at radius 3 is 2.42 bits per heavy atom. The van der Waals surface area contributed by atoms with E-state index in [0.717, 1.165) is 28.4 Å². The van der Waals surface area contributed by atoms with Gasteiger partial charge in [0, 0.05) is 11.1 Å². The third-order valence-electron chi connectivity index (χ3n) is 5.49. The molecule has 0 amide bonds. The van der Waals surface area contributed by atoms with E-state index in [2.05, 4.69) is 22.1 Å². The fourth-order valence-corrected chi connectivity index (χ4v) is 3.82. The summed E-state index contributed by atoms with van der Waals surface area (Å²) in [7, 11) is 0. The predicted octanol–water partition coefficient (Wildman–Crippen LogP) is 5.68. The fourth-order valence-electron chi connectivity index (χ4n) is 3.82. The number of para-hydroxylation sites is 2. The summed E-state index contributed by atoms with van der Waals surface area (Å²) < 4.78 is 29.3. The van der Waals surface area contributed by atoms with E-state index in [9.17, 15) is 8.78 Å². The van der Waals surface area contributed by atoms with Crippen LogP contribution in [0, 0.1) is 24.0 Å². The number of pyridine rings is 2. The first-order valence-electron chi connectivity index (χ1n) is 10.1. The molecule has 0 spiro atoms. The monoisotopic (exact) mass is 619 g/mol. The number of rotatable bonds is 4. The zero-order valence-electron chi connectivity index (χ0n) is 17.8. The summed E-state index contributed by atoms with van der Waals surface area (Å²) in [6.45, 7) is 4.05. The summed E-state index contributed by atoms with van der Waals surface area (Å²) >= 11 is 0. The Bertz CT molecular complexity index is 1430. The van der Waals surface area contributed by atoms with Crippen LogP contribution in [0.3, 0.4) is 0 Å². The first-order chi connectivity index (χ1) is 15.4. The number of nitrogens with zero attached hydrogens (tertiary/aromatic N) is 4. The van der Waals surface area contributed by atoms with Gasteiger partial charge in [0.1, 0.15) is 11.9 Å². The molecule has 0 bridgehead atoms. The molecule has 0 aliphatic rings. The maximum Gasteiger partial charge on any atom is 2.00 e. The third kappa shape index (κ3) is 4.11. The van der Waals surface area contributed by atoms with Crippen LogP contribution < -0.4 is 0 Å². The van der Waals surface area contributed by atoms with E-state index in [1.165, 1.54) is 0 Å². The van der Waals surface area contributed by atoms with Crippen molar-refractivity contribution in [3.05, 3.63) is 108 Å². The van der Waals surface area contributed by atoms with Crippen molar-refractivity contribution in [2.75, 3.05) is 0 Å². The Morgan fingerprint density at radius 2 is 1.67 bits per heavy atom. The van der Waals surface area contributed by atoms with Gasteiger partial charge in [-0.3, -0.25) is 9.67 Å². The van der Waals surface area contributed by atoms with Gasteiger partial charge in [-0.15, -0.1) is 12.1 Å². The molecule has 7 heteroatoms. The van der Waals surface area contributed by atoms with Crippen molar-refractivity contribution in [2.45, 2.75) is 19.3 Å². The maximum atomic E-state index is 14.2. The zero-order valence-corrected chi connectivity index (χ0v) is 20.1. The van der Waals surface area contributed by atoms with Crippen molar-refractivity contribution < 1.29 is 29.8 Å². The molecule has 0 aliphatic heterocycles. The van der Waals surface area contributed by atoms with E-state index in [1.54, 1.807) is 12.1 Å². The van der Waals surface area contributed by atoms with Crippen molar-refractivity contribution in [1.82, 2.24) is 19.7 Å². The van der Waals surface area contributed by atoms with E-state index >= 15 is 0 Å². The maximum absolute atomic E-state index is 14.2. The molecule has 3 aromatic heterocycles. The molecule has 0 fully saturated rings. The van der Waals surface area contributed by atoms with Crippen molar-refractivity contribution >= 4 is 10.9 Å². The van der Waals surface area contributed by atoms with Gasteiger partial charge in [-0.2, -0.15) is 29.4 Å². The van der Waals surface area contributed by atoms with Crippen LogP contribution in [0.2, 0.25) is 0 Å². The molecule has 4 nitrogen and oxygen atoms in total. The SMILES string of the molecule is CC(C)(c1cccc(-c2[c-]cc(F)nc2F)n1)c1nn(-c2[c-]cccc2)c2ccccc12.[Pt+2]. The molecule has 0 unspecified atom stereocenters. The van der Waals surface area contributed by atoms with Crippen LogP contribution in [-0.4, -0.2) is 19.7 Å². The molecular formula is C26H18F2N4Pt. The Hall–Kier alpha value is -3.24. The number of benzene rings is 2. The Kier molecular flexibility index (Phi) is 6.22. The van der Waals surface area contributed by atoms with Gasteiger partial charge in [0.15, 0.2) is 0 Å². The van der Waals surface area contributed by atoms with Crippen LogP contribution in [0.15, 0.2) is 72.8 Å². The largest absolute Gasteiger partial charge is 2.00 e. The molecule has 2 aromatic carbocycles. The first-order valence-corrected chi connectivity index (χ1v) is 10.1. The van der Waals surface area contributed by atoms with Gasteiger partial charge in [0.2, 0.25) is 0 Å². The van der Waals surface area contributed by atoms with Gasteiger partial charge in [-0.1, -0.05) is 42.0 Å². The van der Waals surface area contributed by atoms with E-state index in [0.29, 0.717) is 11.4 Å². The molecular weight excluding hydrogens is 601 g/mol. The molecule has 5 rings (SSSR count). The van der Waals surface area contributed by atoms with Crippen LogP contribution in [-0.2, 0) is 26.5 Å². The Labute approximate surface area is 204 Å². The summed E-state index contributed by atoms with van der Waals surface area (Å²) in [6, 6.07) is 27.8. The van der Waals surface area contributed by atoms with Gasteiger partial charge in [-0.25, -0.2) is 8.78 Å². The first kappa shape index (κ1) is 22.9. The molecule has 3 heterocycles. The molecule has 33 heavy (non-hydrogen) atoms. The van der Waals surface area contributed by atoms with E-state index in [-0.39, 0.29) is 26.6 Å². The number of hydrogen-bond donors (Lipinski definition) is 0. The van der Waals surface area contributed by atoms with Gasteiger partial charge >= 0.3 is 21.1 Å². The standard InChI is InChI=1S/C26H18F2N4.Pt/c1-26(2,22-14-8-12-20(29-22)18-15-16-23(27)30-25(18)28)24-19-11-6-7-13-21(19)32(31-24)17-9-4-3-5-10-17;/h3-9,11-14,16H,1-2H3;/q-2;+2. The van der Waals surface area contributed by atoms with Crippen molar-refractivity contribution in [2.24, 2.45) is 0 Å². The molecule has 166 valence electrons. The predicted molar refractivity (Wildman–Crippen MR) is 118 cm³/mol. The van der Waals surface area contributed by atoms with Crippen LogP contribution in [0.5, 0.6) is 0 Å². The van der Waals surface area contributed by atoms with E-state index < -0.39 is 17.3 Å². The fraction of sp³-hybridized carbons (Fsp3) is 0.115. The minimum Gasteiger partial charge on any atom is -0.300 e. The summed E-state index contributed by atoms with van der Waals surface area (Å²) in [4.78, 5) is 7.93. The third-order valence-corrected chi connectivity index (χ3v) is 5.49. The average molecular weight is 620 g/mol. The minimum atomic E-state index is -0.943. The molecule has 0 atom stereocenters. The van der Waals surface area contributed by atoms with Gasteiger partial charge in [0.25, 0.3) is 0 Å².